The predicted octanol–water partition coefficient (Wildman–Crippen LogP) is 1.39. The molecule has 4 rings (SSSR count). The number of fused-ring (bicyclic) bond motifs is 5. The first-order chi connectivity index (χ1) is 10.0. The number of carbonyl (C=O) groups is 2. The van der Waals surface area contributed by atoms with Crippen LogP contribution < -0.4 is 4.90 Å². The summed E-state index contributed by atoms with van der Waals surface area (Å²) in [5.74, 6) is -1.31. The number of benzene rings is 1. The van der Waals surface area contributed by atoms with Gasteiger partial charge in [0.2, 0.25) is 11.8 Å². The normalized spacial score (nSPS) is 36.2. The first kappa shape index (κ1) is 12.3. The molecule has 3 aliphatic heterocycles. The average Bonchev–Trinajstić information content (AvgIpc) is 3.09. The van der Waals surface area contributed by atoms with Crippen LogP contribution in [-0.4, -0.2) is 23.5 Å². The molecule has 0 N–H and O–H groups in total. The van der Waals surface area contributed by atoms with Gasteiger partial charge >= 0.3 is 0 Å². The second-order valence-electron chi connectivity index (χ2n) is 5.80. The van der Waals surface area contributed by atoms with E-state index in [0.717, 1.165) is 0 Å². The quantitative estimate of drug-likeness (QED) is 0.576. The van der Waals surface area contributed by atoms with Gasteiger partial charge in [-0.05, 0) is 31.2 Å². The molecule has 1 aromatic carbocycles. The molecule has 104 valence electrons. The van der Waals surface area contributed by atoms with E-state index < -0.39 is 17.4 Å². The number of carbonyl (C=O) groups excluding carboxylic acids is 2. The van der Waals surface area contributed by atoms with Crippen LogP contribution in [-0.2, 0) is 14.3 Å². The Balaban J connectivity index is 1.75. The highest BCUT2D eigenvalue weighted by Gasteiger charge is 2.65. The molecule has 2 saturated heterocycles. The Hall–Kier alpha value is -2.45. The van der Waals surface area contributed by atoms with E-state index in [9.17, 15) is 9.59 Å². The van der Waals surface area contributed by atoms with E-state index in [1.165, 1.54) is 4.90 Å². The number of nitriles is 1. The smallest absolute Gasteiger partial charge is 0.241 e. The summed E-state index contributed by atoms with van der Waals surface area (Å²) >= 11 is 0. The molecular formula is C16H12N2O3. The number of hydrogen-bond donors (Lipinski definition) is 0. The molecular weight excluding hydrogens is 268 g/mol. The summed E-state index contributed by atoms with van der Waals surface area (Å²) in [6, 6.07) is 8.50. The van der Waals surface area contributed by atoms with Crippen molar-refractivity contribution in [1.29, 1.82) is 5.26 Å². The number of ether oxygens (including phenoxy) is 1. The Kier molecular flexibility index (Phi) is 2.23. The van der Waals surface area contributed by atoms with Crippen LogP contribution in [0.1, 0.15) is 12.5 Å². The summed E-state index contributed by atoms with van der Waals surface area (Å²) in [7, 11) is 0. The lowest BCUT2D eigenvalue weighted by Crippen LogP contribution is -2.38. The minimum absolute atomic E-state index is 0.215. The highest BCUT2D eigenvalue weighted by molar-refractivity contribution is 6.23. The second-order valence-corrected chi connectivity index (χ2v) is 5.80. The molecule has 3 heterocycles. The van der Waals surface area contributed by atoms with Crippen molar-refractivity contribution in [1.82, 2.24) is 0 Å². The van der Waals surface area contributed by atoms with Gasteiger partial charge in [-0.25, -0.2) is 4.90 Å². The van der Waals surface area contributed by atoms with Crippen LogP contribution in [0.3, 0.4) is 0 Å². The molecule has 5 heteroatoms. The fourth-order valence-electron chi connectivity index (χ4n) is 3.59. The van der Waals surface area contributed by atoms with E-state index in [-0.39, 0.29) is 17.9 Å². The van der Waals surface area contributed by atoms with Gasteiger partial charge in [0, 0.05) is 0 Å². The fraction of sp³-hybridized carbons (Fsp3) is 0.312. The van der Waals surface area contributed by atoms with Crippen molar-refractivity contribution >= 4 is 17.5 Å². The molecule has 2 amide bonds. The van der Waals surface area contributed by atoms with Crippen molar-refractivity contribution in [2.24, 2.45) is 11.8 Å². The van der Waals surface area contributed by atoms with Gasteiger partial charge in [-0.3, -0.25) is 9.59 Å². The molecule has 0 unspecified atom stereocenters. The van der Waals surface area contributed by atoms with E-state index >= 15 is 0 Å². The summed E-state index contributed by atoms with van der Waals surface area (Å²) in [5.41, 5.74) is 0.333. The van der Waals surface area contributed by atoms with Gasteiger partial charge in [0.25, 0.3) is 0 Å². The summed E-state index contributed by atoms with van der Waals surface area (Å²) in [6.45, 7) is 1.85. The van der Waals surface area contributed by atoms with Crippen LogP contribution in [0.25, 0.3) is 0 Å². The van der Waals surface area contributed by atoms with E-state index in [4.69, 9.17) is 10.00 Å². The zero-order valence-corrected chi connectivity index (χ0v) is 11.3. The van der Waals surface area contributed by atoms with Crippen LogP contribution in [0.2, 0.25) is 0 Å². The second kappa shape index (κ2) is 3.80. The Morgan fingerprint density at radius 3 is 2.57 bits per heavy atom. The third-order valence-electron chi connectivity index (χ3n) is 4.58. The fourth-order valence-corrected chi connectivity index (χ4v) is 3.59. The van der Waals surface area contributed by atoms with E-state index in [2.05, 4.69) is 0 Å². The van der Waals surface area contributed by atoms with Crippen LogP contribution in [0.15, 0.2) is 36.4 Å². The Morgan fingerprint density at radius 1 is 1.24 bits per heavy atom. The van der Waals surface area contributed by atoms with E-state index in [1.807, 2.05) is 25.1 Å². The monoisotopic (exact) mass is 280 g/mol. The van der Waals surface area contributed by atoms with E-state index in [1.54, 1.807) is 24.3 Å². The maximum Gasteiger partial charge on any atom is 0.241 e. The van der Waals surface area contributed by atoms with Gasteiger partial charge in [-0.2, -0.15) is 5.26 Å². The summed E-state index contributed by atoms with van der Waals surface area (Å²) in [5, 5.41) is 8.82. The molecule has 5 nitrogen and oxygen atoms in total. The van der Waals surface area contributed by atoms with Gasteiger partial charge in [-0.15, -0.1) is 0 Å². The first-order valence-corrected chi connectivity index (χ1v) is 6.80. The summed E-state index contributed by atoms with van der Waals surface area (Å²) in [6.07, 6.45) is 3.45. The molecule has 4 atom stereocenters. The number of hydrogen-bond acceptors (Lipinski definition) is 4. The SMILES string of the molecule is C[C@@]12C=C[C@@H](O1)[C@H]1C(=O)N(c3ccc(C#N)cc3)C(=O)[C@H]12. The minimum Gasteiger partial charge on any atom is -0.362 e. The molecule has 3 aliphatic rings. The molecule has 2 fully saturated rings. The molecule has 0 aliphatic carbocycles. The maximum atomic E-state index is 12.7. The Morgan fingerprint density at radius 2 is 1.95 bits per heavy atom. The summed E-state index contributed by atoms with van der Waals surface area (Å²) in [4.78, 5) is 26.5. The number of anilines is 1. The Labute approximate surface area is 121 Å². The van der Waals surface area contributed by atoms with Crippen molar-refractivity contribution in [2.45, 2.75) is 18.6 Å². The van der Waals surface area contributed by atoms with Crippen LogP contribution in [0.5, 0.6) is 0 Å². The molecule has 2 bridgehead atoms. The zero-order valence-electron chi connectivity index (χ0n) is 11.3. The highest BCUT2D eigenvalue weighted by Crippen LogP contribution is 2.52. The van der Waals surface area contributed by atoms with Gasteiger partial charge in [0.15, 0.2) is 0 Å². The van der Waals surface area contributed by atoms with Crippen LogP contribution in [0.4, 0.5) is 5.69 Å². The number of nitrogens with zero attached hydrogens (tertiary/aromatic N) is 2. The minimum atomic E-state index is -0.677. The lowest BCUT2D eigenvalue weighted by atomic mass is 9.78. The van der Waals surface area contributed by atoms with Gasteiger partial charge in [0.1, 0.15) is 0 Å². The van der Waals surface area contributed by atoms with Crippen LogP contribution >= 0.6 is 0 Å². The predicted molar refractivity (Wildman–Crippen MR) is 73.0 cm³/mol. The molecule has 21 heavy (non-hydrogen) atoms. The number of imide groups is 1. The topological polar surface area (TPSA) is 70.4 Å². The van der Waals surface area contributed by atoms with Gasteiger partial charge in [0.05, 0.1) is 40.9 Å². The van der Waals surface area contributed by atoms with Crippen molar-refractivity contribution in [3.8, 4) is 6.07 Å². The van der Waals surface area contributed by atoms with E-state index in [0.29, 0.717) is 11.3 Å². The lowest BCUT2D eigenvalue weighted by Gasteiger charge is -2.24. The van der Waals surface area contributed by atoms with Gasteiger partial charge in [-0.1, -0.05) is 12.2 Å². The Bertz CT molecular complexity index is 731. The first-order valence-electron chi connectivity index (χ1n) is 6.80. The highest BCUT2D eigenvalue weighted by atomic mass is 16.5. The van der Waals surface area contributed by atoms with Crippen molar-refractivity contribution in [3.05, 3.63) is 42.0 Å². The van der Waals surface area contributed by atoms with Crippen molar-refractivity contribution in [2.75, 3.05) is 4.90 Å². The number of rotatable bonds is 1. The molecule has 0 aromatic heterocycles. The molecule has 1 aromatic rings. The largest absolute Gasteiger partial charge is 0.362 e. The van der Waals surface area contributed by atoms with Crippen molar-refractivity contribution in [3.63, 3.8) is 0 Å². The lowest BCUT2D eigenvalue weighted by molar-refractivity contribution is -0.126. The molecule has 0 saturated carbocycles. The maximum absolute atomic E-state index is 12.7. The molecule has 0 spiro atoms. The molecule has 0 radical (unpaired) electrons. The average molecular weight is 280 g/mol. The third-order valence-corrected chi connectivity index (χ3v) is 4.58. The zero-order chi connectivity index (χ0) is 14.8. The third kappa shape index (κ3) is 1.43. The standard InChI is InChI=1S/C16H12N2O3/c1-16-7-6-11(21-16)12-13(16)15(20)18(14(12)19)10-4-2-9(8-17)3-5-10/h2-7,11-13H,1H3/t11-,12-,13+,16+/m1/s1. The van der Waals surface area contributed by atoms with Crippen molar-refractivity contribution < 1.29 is 14.3 Å². The van der Waals surface area contributed by atoms with Crippen LogP contribution in [0, 0.1) is 23.2 Å². The summed E-state index contributed by atoms with van der Waals surface area (Å²) < 4.78 is 5.77. The van der Waals surface area contributed by atoms with Gasteiger partial charge < -0.3 is 4.74 Å². The number of amides is 2.